The zero-order valence-electron chi connectivity index (χ0n) is 13.2. The standard InChI is InChI=1S/C21H20NO/c1-22-14-12-18(13-15-22)20(16-17-8-4-2-5-9-17)21(23)19-10-6-3-7-11-19/h2-15,20H,16H2,1H3/q+1. The van der Waals surface area contributed by atoms with Gasteiger partial charge in [-0.3, -0.25) is 4.79 Å². The van der Waals surface area contributed by atoms with Gasteiger partial charge < -0.3 is 0 Å². The molecule has 0 amide bonds. The number of hydrogen-bond acceptors (Lipinski definition) is 1. The van der Waals surface area contributed by atoms with Crippen molar-refractivity contribution in [2.45, 2.75) is 12.3 Å². The number of pyridine rings is 1. The molecule has 2 heteroatoms. The van der Waals surface area contributed by atoms with Crippen LogP contribution in [0.1, 0.15) is 27.4 Å². The highest BCUT2D eigenvalue weighted by atomic mass is 16.1. The second kappa shape index (κ2) is 7.01. The van der Waals surface area contributed by atoms with Crippen molar-refractivity contribution in [1.29, 1.82) is 0 Å². The molecule has 23 heavy (non-hydrogen) atoms. The van der Waals surface area contributed by atoms with Crippen LogP contribution in [0, 0.1) is 0 Å². The Balaban J connectivity index is 1.96. The smallest absolute Gasteiger partial charge is 0.170 e. The maximum absolute atomic E-state index is 13.0. The van der Waals surface area contributed by atoms with E-state index in [2.05, 4.69) is 12.1 Å². The first-order valence-corrected chi connectivity index (χ1v) is 7.82. The zero-order valence-corrected chi connectivity index (χ0v) is 13.2. The van der Waals surface area contributed by atoms with Crippen LogP contribution in [0.5, 0.6) is 0 Å². The molecule has 0 aliphatic carbocycles. The summed E-state index contributed by atoms with van der Waals surface area (Å²) in [6.45, 7) is 0. The summed E-state index contributed by atoms with van der Waals surface area (Å²) >= 11 is 0. The molecule has 0 fully saturated rings. The summed E-state index contributed by atoms with van der Waals surface area (Å²) in [7, 11) is 1.98. The Bertz CT molecular complexity index is 764. The van der Waals surface area contributed by atoms with Crippen molar-refractivity contribution in [3.63, 3.8) is 0 Å². The fourth-order valence-electron chi connectivity index (χ4n) is 2.76. The lowest BCUT2D eigenvalue weighted by Gasteiger charge is -2.16. The molecule has 3 rings (SSSR count). The molecule has 1 unspecified atom stereocenters. The van der Waals surface area contributed by atoms with Gasteiger partial charge in [-0.05, 0) is 17.5 Å². The van der Waals surface area contributed by atoms with Crippen molar-refractivity contribution in [2.75, 3.05) is 0 Å². The fraction of sp³-hybridized carbons (Fsp3) is 0.143. The molecule has 0 spiro atoms. The third-order valence-corrected chi connectivity index (χ3v) is 4.06. The molecule has 0 N–H and O–H groups in total. The third-order valence-electron chi connectivity index (χ3n) is 4.06. The van der Waals surface area contributed by atoms with Crippen molar-refractivity contribution in [3.8, 4) is 0 Å². The first-order chi connectivity index (χ1) is 11.2. The summed E-state index contributed by atoms with van der Waals surface area (Å²) in [5, 5.41) is 0. The van der Waals surface area contributed by atoms with Crippen LogP contribution in [0.15, 0.2) is 85.2 Å². The molecule has 0 radical (unpaired) electrons. The van der Waals surface area contributed by atoms with Crippen molar-refractivity contribution >= 4 is 5.78 Å². The molecule has 0 saturated carbocycles. The molecule has 1 aromatic heterocycles. The average Bonchev–Trinajstić information content (AvgIpc) is 2.62. The first kappa shape index (κ1) is 15.2. The number of nitrogens with zero attached hydrogens (tertiary/aromatic N) is 1. The van der Waals surface area contributed by atoms with Crippen LogP contribution in [-0.4, -0.2) is 5.78 Å². The second-order valence-corrected chi connectivity index (χ2v) is 5.77. The Labute approximate surface area is 137 Å². The molecule has 114 valence electrons. The predicted molar refractivity (Wildman–Crippen MR) is 91.3 cm³/mol. The highest BCUT2D eigenvalue weighted by Gasteiger charge is 2.23. The Morgan fingerprint density at radius 1 is 0.870 bits per heavy atom. The van der Waals surface area contributed by atoms with Crippen LogP contribution >= 0.6 is 0 Å². The van der Waals surface area contributed by atoms with E-state index < -0.39 is 0 Å². The predicted octanol–water partition coefficient (Wildman–Crippen LogP) is 3.72. The minimum Gasteiger partial charge on any atom is -0.293 e. The summed E-state index contributed by atoms with van der Waals surface area (Å²) in [6.07, 6.45) is 4.69. The number of Topliss-reactive ketones (excluding diaryl/α,β-unsaturated/α-hetero) is 1. The number of aryl methyl sites for hydroxylation is 1. The van der Waals surface area contributed by atoms with Gasteiger partial charge in [-0.15, -0.1) is 0 Å². The lowest BCUT2D eigenvalue weighted by Crippen LogP contribution is -2.27. The minimum absolute atomic E-state index is 0.166. The lowest BCUT2D eigenvalue weighted by atomic mass is 9.86. The maximum atomic E-state index is 13.0. The van der Waals surface area contributed by atoms with Crippen LogP contribution < -0.4 is 4.57 Å². The van der Waals surface area contributed by atoms with E-state index in [1.54, 1.807) is 0 Å². The van der Waals surface area contributed by atoms with Gasteiger partial charge in [0.15, 0.2) is 18.2 Å². The van der Waals surface area contributed by atoms with Gasteiger partial charge in [0, 0.05) is 17.7 Å². The number of carbonyl (C=O) groups excluding carboxylic acids is 1. The summed E-state index contributed by atoms with van der Waals surface area (Å²) in [5.74, 6) is 0.00399. The topological polar surface area (TPSA) is 20.9 Å². The van der Waals surface area contributed by atoms with Gasteiger partial charge in [0.2, 0.25) is 0 Å². The van der Waals surface area contributed by atoms with Gasteiger partial charge >= 0.3 is 0 Å². The normalized spacial score (nSPS) is 11.9. The van der Waals surface area contributed by atoms with Crippen LogP contribution in [0.2, 0.25) is 0 Å². The van der Waals surface area contributed by atoms with Crippen molar-refractivity contribution in [3.05, 3.63) is 102 Å². The molecule has 1 heterocycles. The second-order valence-electron chi connectivity index (χ2n) is 5.77. The zero-order chi connectivity index (χ0) is 16.1. The van der Waals surface area contributed by atoms with E-state index in [9.17, 15) is 4.79 Å². The molecule has 2 aromatic carbocycles. The number of ketones is 1. The largest absolute Gasteiger partial charge is 0.293 e. The van der Waals surface area contributed by atoms with Gasteiger partial charge in [0.1, 0.15) is 7.05 Å². The molecule has 2 nitrogen and oxygen atoms in total. The SMILES string of the molecule is C[n+]1ccc(C(Cc2ccccc2)C(=O)c2ccccc2)cc1. The molecular weight excluding hydrogens is 282 g/mol. The van der Waals surface area contributed by atoms with Gasteiger partial charge in [-0.2, -0.15) is 0 Å². The minimum atomic E-state index is -0.166. The van der Waals surface area contributed by atoms with Crippen molar-refractivity contribution in [1.82, 2.24) is 0 Å². The Kier molecular flexibility index (Phi) is 4.62. The van der Waals surface area contributed by atoms with E-state index in [0.29, 0.717) is 6.42 Å². The molecular formula is C21H20NO+. The van der Waals surface area contributed by atoms with Gasteiger partial charge in [-0.1, -0.05) is 60.7 Å². The van der Waals surface area contributed by atoms with E-state index >= 15 is 0 Å². The molecule has 1 atom stereocenters. The summed E-state index contributed by atoms with van der Waals surface area (Å²) in [5.41, 5.74) is 3.00. The van der Waals surface area contributed by atoms with E-state index in [-0.39, 0.29) is 11.7 Å². The summed E-state index contributed by atoms with van der Waals surface area (Å²) in [6, 6.07) is 23.8. The van der Waals surface area contributed by atoms with Gasteiger partial charge in [-0.25, -0.2) is 4.57 Å². The number of carbonyl (C=O) groups is 1. The Morgan fingerprint density at radius 3 is 2.04 bits per heavy atom. The molecule has 0 saturated heterocycles. The molecule has 0 aliphatic heterocycles. The molecule has 0 bridgehead atoms. The van der Waals surface area contributed by atoms with Crippen LogP contribution in [-0.2, 0) is 13.5 Å². The fourth-order valence-corrected chi connectivity index (χ4v) is 2.76. The van der Waals surface area contributed by atoms with E-state index in [1.807, 2.05) is 84.7 Å². The first-order valence-electron chi connectivity index (χ1n) is 7.82. The average molecular weight is 302 g/mol. The highest BCUT2D eigenvalue weighted by molar-refractivity contribution is 6.01. The Morgan fingerprint density at radius 2 is 1.43 bits per heavy atom. The Hall–Kier alpha value is -2.74. The monoisotopic (exact) mass is 302 g/mol. The van der Waals surface area contributed by atoms with Gasteiger partial charge in [0.05, 0.1) is 5.92 Å². The summed E-state index contributed by atoms with van der Waals surface area (Å²) in [4.78, 5) is 13.0. The number of benzene rings is 2. The van der Waals surface area contributed by atoms with E-state index in [0.717, 1.165) is 11.1 Å². The van der Waals surface area contributed by atoms with Crippen LogP contribution in [0.3, 0.4) is 0 Å². The maximum Gasteiger partial charge on any atom is 0.170 e. The quantitative estimate of drug-likeness (QED) is 0.520. The summed E-state index contributed by atoms with van der Waals surface area (Å²) < 4.78 is 1.98. The number of rotatable bonds is 5. The van der Waals surface area contributed by atoms with Crippen molar-refractivity contribution in [2.24, 2.45) is 7.05 Å². The third kappa shape index (κ3) is 3.72. The molecule has 0 aliphatic rings. The molecule has 3 aromatic rings. The van der Waals surface area contributed by atoms with Crippen LogP contribution in [0.25, 0.3) is 0 Å². The van der Waals surface area contributed by atoms with E-state index in [1.165, 1.54) is 5.56 Å². The van der Waals surface area contributed by atoms with Crippen LogP contribution in [0.4, 0.5) is 0 Å². The van der Waals surface area contributed by atoms with Gasteiger partial charge in [0.25, 0.3) is 0 Å². The highest BCUT2D eigenvalue weighted by Crippen LogP contribution is 2.24. The lowest BCUT2D eigenvalue weighted by molar-refractivity contribution is -0.671. The van der Waals surface area contributed by atoms with E-state index in [4.69, 9.17) is 0 Å². The van der Waals surface area contributed by atoms with Crippen molar-refractivity contribution < 1.29 is 9.36 Å². The number of hydrogen-bond donors (Lipinski definition) is 0. The number of aromatic nitrogens is 1.